The van der Waals surface area contributed by atoms with Crippen molar-refractivity contribution < 1.29 is 0 Å². The number of hydrogen-bond donors (Lipinski definition) is 1. The summed E-state index contributed by atoms with van der Waals surface area (Å²) in [4.78, 5) is 11.5. The van der Waals surface area contributed by atoms with Crippen molar-refractivity contribution in [1.82, 2.24) is 25.2 Å². The van der Waals surface area contributed by atoms with Gasteiger partial charge in [-0.25, -0.2) is 5.10 Å². The topological polar surface area (TPSA) is 76.5 Å². The van der Waals surface area contributed by atoms with Crippen molar-refractivity contribution in [2.75, 3.05) is 0 Å². The zero-order valence-corrected chi connectivity index (χ0v) is 9.92. The molecule has 0 amide bonds. The first-order valence-corrected chi connectivity index (χ1v) is 5.64. The molecule has 3 aromatic rings. The van der Waals surface area contributed by atoms with E-state index in [0.29, 0.717) is 22.6 Å². The maximum absolute atomic E-state index is 11.5. The van der Waals surface area contributed by atoms with Crippen molar-refractivity contribution >= 4 is 22.6 Å². The van der Waals surface area contributed by atoms with E-state index in [1.54, 1.807) is 10.9 Å². The smallest absolute Gasteiger partial charge is 0.267 e. The largest absolute Gasteiger partial charge is 0.278 e. The van der Waals surface area contributed by atoms with Crippen molar-refractivity contribution in [1.29, 1.82) is 0 Å². The number of aromatic nitrogens is 5. The molecule has 7 heteroatoms. The van der Waals surface area contributed by atoms with Gasteiger partial charge in [-0.3, -0.25) is 9.48 Å². The normalized spacial score (nSPS) is 10.9. The monoisotopic (exact) mass is 261 g/mol. The lowest BCUT2D eigenvalue weighted by molar-refractivity contribution is 0.691. The van der Waals surface area contributed by atoms with Gasteiger partial charge in [0, 0.05) is 11.2 Å². The molecule has 3 rings (SSSR count). The Hall–Kier alpha value is -2.21. The summed E-state index contributed by atoms with van der Waals surface area (Å²) in [6, 6.07) is 7.48. The van der Waals surface area contributed by atoms with E-state index in [0.717, 1.165) is 5.56 Å². The molecule has 0 fully saturated rings. The van der Waals surface area contributed by atoms with Crippen molar-refractivity contribution in [2.45, 2.75) is 6.54 Å². The van der Waals surface area contributed by atoms with Gasteiger partial charge in [-0.05, 0) is 11.6 Å². The second kappa shape index (κ2) is 4.23. The average Bonchev–Trinajstić information content (AvgIpc) is 2.76. The second-order valence-corrected chi connectivity index (χ2v) is 4.20. The molecule has 0 aliphatic heterocycles. The van der Waals surface area contributed by atoms with Crippen LogP contribution in [0.3, 0.4) is 0 Å². The Kier molecular flexibility index (Phi) is 2.56. The molecule has 2 heterocycles. The van der Waals surface area contributed by atoms with Gasteiger partial charge in [-0.1, -0.05) is 35.0 Å². The summed E-state index contributed by atoms with van der Waals surface area (Å²) in [6.07, 6.45) is 1.63. The van der Waals surface area contributed by atoms with E-state index < -0.39 is 0 Å². The molecule has 0 unspecified atom stereocenters. The fraction of sp³-hybridized carbons (Fsp3) is 0.0909. The second-order valence-electron chi connectivity index (χ2n) is 3.80. The van der Waals surface area contributed by atoms with Crippen LogP contribution in [0, 0.1) is 0 Å². The summed E-state index contributed by atoms with van der Waals surface area (Å²) in [5.74, 6) is 0. The fourth-order valence-corrected chi connectivity index (χ4v) is 1.90. The number of benzene rings is 1. The molecular weight excluding hydrogens is 254 g/mol. The Labute approximate surface area is 106 Å². The molecule has 0 saturated heterocycles. The lowest BCUT2D eigenvalue weighted by atomic mass is 10.2. The van der Waals surface area contributed by atoms with Gasteiger partial charge < -0.3 is 0 Å². The van der Waals surface area contributed by atoms with Crippen LogP contribution in [0.15, 0.2) is 35.3 Å². The van der Waals surface area contributed by atoms with Crippen LogP contribution in [0.25, 0.3) is 11.0 Å². The summed E-state index contributed by atoms with van der Waals surface area (Å²) in [6.45, 7) is 0.482. The molecule has 2 aromatic heterocycles. The Morgan fingerprint density at radius 1 is 1.33 bits per heavy atom. The average molecular weight is 262 g/mol. The third kappa shape index (κ3) is 1.86. The number of aromatic amines is 1. The first kappa shape index (κ1) is 10.9. The summed E-state index contributed by atoms with van der Waals surface area (Å²) >= 11 is 6.07. The number of halogens is 1. The maximum Gasteiger partial charge on any atom is 0.278 e. The van der Waals surface area contributed by atoms with E-state index in [4.69, 9.17) is 11.6 Å². The van der Waals surface area contributed by atoms with E-state index in [1.165, 1.54) is 0 Å². The Balaban J connectivity index is 2.04. The van der Waals surface area contributed by atoms with Crippen LogP contribution in [0.5, 0.6) is 0 Å². The van der Waals surface area contributed by atoms with Crippen molar-refractivity contribution in [3.63, 3.8) is 0 Å². The molecule has 18 heavy (non-hydrogen) atoms. The van der Waals surface area contributed by atoms with Crippen LogP contribution in [-0.2, 0) is 6.54 Å². The molecule has 0 radical (unpaired) electrons. The Bertz CT molecular complexity index is 763. The minimum absolute atomic E-state index is 0.301. The van der Waals surface area contributed by atoms with E-state index in [1.807, 2.05) is 24.3 Å². The molecule has 0 spiro atoms. The molecule has 0 aliphatic carbocycles. The molecule has 0 aliphatic rings. The van der Waals surface area contributed by atoms with E-state index in [9.17, 15) is 4.79 Å². The summed E-state index contributed by atoms with van der Waals surface area (Å²) in [5, 5.41) is 14.7. The molecule has 0 saturated carbocycles. The van der Waals surface area contributed by atoms with Gasteiger partial charge in [0.25, 0.3) is 5.56 Å². The van der Waals surface area contributed by atoms with Gasteiger partial charge in [0.15, 0.2) is 0 Å². The third-order valence-electron chi connectivity index (χ3n) is 2.57. The first-order valence-electron chi connectivity index (χ1n) is 5.26. The zero-order valence-electron chi connectivity index (χ0n) is 9.17. The quantitative estimate of drug-likeness (QED) is 0.752. The summed E-state index contributed by atoms with van der Waals surface area (Å²) in [5.41, 5.74) is 0.951. The standard InChI is InChI=1S/C11H8ClN5O/c12-9-4-2-1-3-7(9)5-17-6-8-10(15-17)13-16-14-11(8)18/h1-4,6H,5H2,(H,13,14,15,18). The summed E-state index contributed by atoms with van der Waals surface area (Å²) < 4.78 is 1.62. The molecule has 90 valence electrons. The van der Waals surface area contributed by atoms with Gasteiger partial charge in [0.05, 0.1) is 6.54 Å². The highest BCUT2D eigenvalue weighted by molar-refractivity contribution is 6.31. The van der Waals surface area contributed by atoms with E-state index >= 15 is 0 Å². The highest BCUT2D eigenvalue weighted by atomic mass is 35.5. The fourth-order valence-electron chi connectivity index (χ4n) is 1.71. The van der Waals surface area contributed by atoms with Gasteiger partial charge >= 0.3 is 0 Å². The summed E-state index contributed by atoms with van der Waals surface area (Å²) in [7, 11) is 0. The first-order chi connectivity index (χ1) is 8.74. The van der Waals surface area contributed by atoms with Crippen molar-refractivity contribution in [3.8, 4) is 0 Å². The highest BCUT2D eigenvalue weighted by Crippen LogP contribution is 2.16. The van der Waals surface area contributed by atoms with E-state index in [-0.39, 0.29) is 5.56 Å². The van der Waals surface area contributed by atoms with Gasteiger partial charge in [-0.15, -0.1) is 10.2 Å². The molecular formula is C11H8ClN5O. The number of rotatable bonds is 2. The Morgan fingerprint density at radius 3 is 2.94 bits per heavy atom. The molecule has 0 atom stereocenters. The van der Waals surface area contributed by atoms with Crippen LogP contribution < -0.4 is 5.56 Å². The number of nitrogens with one attached hydrogen (secondary N) is 1. The van der Waals surface area contributed by atoms with E-state index in [2.05, 4.69) is 20.5 Å². The minimum atomic E-state index is -0.301. The van der Waals surface area contributed by atoms with Crippen LogP contribution in [-0.4, -0.2) is 25.2 Å². The molecule has 6 nitrogen and oxygen atoms in total. The zero-order chi connectivity index (χ0) is 12.5. The molecule has 0 bridgehead atoms. The number of hydrogen-bond acceptors (Lipinski definition) is 4. The predicted molar refractivity (Wildman–Crippen MR) is 66.5 cm³/mol. The van der Waals surface area contributed by atoms with Gasteiger partial charge in [0.1, 0.15) is 5.39 Å². The third-order valence-corrected chi connectivity index (χ3v) is 2.94. The molecule has 1 aromatic carbocycles. The Morgan fingerprint density at radius 2 is 2.17 bits per heavy atom. The number of nitrogens with zero attached hydrogens (tertiary/aromatic N) is 4. The van der Waals surface area contributed by atoms with Crippen LogP contribution in [0.4, 0.5) is 0 Å². The maximum atomic E-state index is 11.5. The van der Waals surface area contributed by atoms with Crippen molar-refractivity contribution in [2.24, 2.45) is 0 Å². The van der Waals surface area contributed by atoms with Crippen LogP contribution in [0.1, 0.15) is 5.56 Å². The lowest BCUT2D eigenvalue weighted by Gasteiger charge is -2.03. The van der Waals surface area contributed by atoms with Crippen LogP contribution >= 0.6 is 11.6 Å². The number of H-pyrrole nitrogens is 1. The van der Waals surface area contributed by atoms with Gasteiger partial charge in [-0.2, -0.15) is 0 Å². The molecule has 1 N–H and O–H groups in total. The van der Waals surface area contributed by atoms with Crippen LogP contribution in [0.2, 0.25) is 5.02 Å². The number of fused-ring (bicyclic) bond motifs is 1. The SMILES string of the molecule is O=c1[nH]nnc2nn(Cc3ccccc3Cl)cc12. The minimum Gasteiger partial charge on any atom is -0.267 e. The van der Waals surface area contributed by atoms with Gasteiger partial charge in [0.2, 0.25) is 5.65 Å². The van der Waals surface area contributed by atoms with Crippen molar-refractivity contribution in [3.05, 3.63) is 51.4 Å². The highest BCUT2D eigenvalue weighted by Gasteiger charge is 2.07. The predicted octanol–water partition coefficient (Wildman–Crippen LogP) is 1.22. The lowest BCUT2D eigenvalue weighted by Crippen LogP contribution is -2.08.